The van der Waals surface area contributed by atoms with E-state index < -0.39 is 11.9 Å². The maximum Gasteiger partial charge on any atom is 0.343 e. The molecule has 0 heterocycles. The Morgan fingerprint density at radius 3 is 2.19 bits per heavy atom. The highest BCUT2D eigenvalue weighted by Gasteiger charge is 2.17. The maximum absolute atomic E-state index is 12.6. The highest BCUT2D eigenvalue weighted by Crippen LogP contribution is 2.21. The van der Waals surface area contributed by atoms with E-state index in [4.69, 9.17) is 14.2 Å². The van der Waals surface area contributed by atoms with E-state index in [9.17, 15) is 9.59 Å². The van der Waals surface area contributed by atoms with E-state index >= 15 is 0 Å². The summed E-state index contributed by atoms with van der Waals surface area (Å²) in [6.07, 6.45) is 0.611. The number of esters is 2. The van der Waals surface area contributed by atoms with Crippen LogP contribution >= 0.6 is 0 Å². The number of benzene rings is 3. The highest BCUT2D eigenvalue weighted by molar-refractivity contribution is 5.96. The van der Waals surface area contributed by atoms with Crippen LogP contribution in [-0.2, 0) is 11.2 Å². The van der Waals surface area contributed by atoms with Crippen LogP contribution < -0.4 is 9.47 Å². The lowest BCUT2D eigenvalue weighted by molar-refractivity contribution is 0.0504. The SMILES string of the molecule is CC(C)COc1ccc(C(=O)Oc2ccccc2C(=O)OCCc2ccccc2)cc1. The van der Waals surface area contributed by atoms with Crippen molar-refractivity contribution in [3.63, 3.8) is 0 Å². The first-order chi connectivity index (χ1) is 15.0. The first-order valence-electron chi connectivity index (χ1n) is 10.3. The number of hydrogen-bond donors (Lipinski definition) is 0. The number of ether oxygens (including phenoxy) is 3. The molecule has 31 heavy (non-hydrogen) atoms. The average molecular weight is 418 g/mol. The summed E-state index contributed by atoms with van der Waals surface area (Å²) in [5.41, 5.74) is 1.65. The van der Waals surface area contributed by atoms with Gasteiger partial charge in [-0.2, -0.15) is 0 Å². The summed E-state index contributed by atoms with van der Waals surface area (Å²) in [6.45, 7) is 4.97. The lowest BCUT2D eigenvalue weighted by Gasteiger charge is -2.11. The molecule has 0 bridgehead atoms. The van der Waals surface area contributed by atoms with Crippen molar-refractivity contribution in [2.75, 3.05) is 13.2 Å². The monoisotopic (exact) mass is 418 g/mol. The molecule has 0 saturated heterocycles. The van der Waals surface area contributed by atoms with Gasteiger partial charge in [-0.1, -0.05) is 56.3 Å². The third kappa shape index (κ3) is 6.71. The molecule has 0 aliphatic rings. The molecule has 0 aliphatic carbocycles. The molecule has 0 fully saturated rings. The molecule has 0 N–H and O–H groups in total. The predicted octanol–water partition coefficient (Wildman–Crippen LogP) is 5.34. The van der Waals surface area contributed by atoms with Gasteiger partial charge in [0.05, 0.1) is 18.8 Å². The predicted molar refractivity (Wildman–Crippen MR) is 119 cm³/mol. The maximum atomic E-state index is 12.6. The molecule has 0 amide bonds. The molecule has 0 radical (unpaired) electrons. The van der Waals surface area contributed by atoms with E-state index in [1.165, 1.54) is 0 Å². The van der Waals surface area contributed by atoms with E-state index in [2.05, 4.69) is 13.8 Å². The lowest BCUT2D eigenvalue weighted by atomic mass is 10.1. The molecule has 0 saturated carbocycles. The summed E-state index contributed by atoms with van der Waals surface area (Å²) in [5, 5.41) is 0. The van der Waals surface area contributed by atoms with Crippen LogP contribution in [0.1, 0.15) is 40.1 Å². The van der Waals surface area contributed by atoms with Crippen LogP contribution in [-0.4, -0.2) is 25.2 Å². The minimum Gasteiger partial charge on any atom is -0.493 e. The van der Waals surface area contributed by atoms with E-state index in [1.54, 1.807) is 48.5 Å². The fourth-order valence-electron chi connectivity index (χ4n) is 2.82. The fourth-order valence-corrected chi connectivity index (χ4v) is 2.82. The quantitative estimate of drug-likeness (QED) is 0.347. The number of rotatable bonds is 9. The normalized spacial score (nSPS) is 10.5. The third-order valence-corrected chi connectivity index (χ3v) is 4.45. The standard InChI is InChI=1S/C26H26O5/c1-19(2)18-30-22-14-12-21(13-15-22)25(27)31-24-11-7-6-10-23(24)26(28)29-17-16-20-8-4-3-5-9-20/h3-15,19H,16-18H2,1-2H3. The van der Waals surface area contributed by atoms with Crippen molar-refractivity contribution in [2.45, 2.75) is 20.3 Å². The zero-order valence-corrected chi connectivity index (χ0v) is 17.7. The van der Waals surface area contributed by atoms with Crippen molar-refractivity contribution in [2.24, 2.45) is 5.92 Å². The molecular weight excluding hydrogens is 392 g/mol. The lowest BCUT2D eigenvalue weighted by Crippen LogP contribution is -2.14. The molecule has 0 unspecified atom stereocenters. The van der Waals surface area contributed by atoms with Crippen LogP contribution in [0.5, 0.6) is 11.5 Å². The molecule has 5 heteroatoms. The molecule has 0 spiro atoms. The number of carbonyl (C=O) groups excluding carboxylic acids is 2. The van der Waals surface area contributed by atoms with Crippen LogP contribution in [0.3, 0.4) is 0 Å². The van der Waals surface area contributed by atoms with Gasteiger partial charge in [-0.3, -0.25) is 0 Å². The van der Waals surface area contributed by atoms with Gasteiger partial charge in [0.2, 0.25) is 0 Å². The molecular formula is C26H26O5. The topological polar surface area (TPSA) is 61.8 Å². The Balaban J connectivity index is 1.60. The van der Waals surface area contributed by atoms with Gasteiger partial charge in [-0.15, -0.1) is 0 Å². The minimum atomic E-state index is -0.556. The van der Waals surface area contributed by atoms with E-state index in [0.29, 0.717) is 30.3 Å². The summed E-state index contributed by atoms with van der Waals surface area (Å²) in [4.78, 5) is 25.1. The fraction of sp³-hybridized carbons (Fsp3) is 0.231. The Morgan fingerprint density at radius 2 is 1.48 bits per heavy atom. The first-order valence-corrected chi connectivity index (χ1v) is 10.3. The number of hydrogen-bond acceptors (Lipinski definition) is 5. The van der Waals surface area contributed by atoms with E-state index in [1.807, 2.05) is 30.3 Å². The molecule has 160 valence electrons. The van der Waals surface area contributed by atoms with Crippen molar-refractivity contribution in [1.82, 2.24) is 0 Å². The van der Waals surface area contributed by atoms with Crippen LogP contribution in [0.2, 0.25) is 0 Å². The van der Waals surface area contributed by atoms with Gasteiger partial charge in [0.1, 0.15) is 17.1 Å². The molecule has 3 rings (SSSR count). The van der Waals surface area contributed by atoms with Gasteiger partial charge in [-0.05, 0) is 47.9 Å². The molecule has 3 aromatic carbocycles. The van der Waals surface area contributed by atoms with Crippen molar-refractivity contribution >= 4 is 11.9 Å². The molecule has 0 aromatic heterocycles. The first kappa shape index (κ1) is 22.1. The van der Waals surface area contributed by atoms with Gasteiger partial charge in [0, 0.05) is 6.42 Å². The Hall–Kier alpha value is -3.60. The van der Waals surface area contributed by atoms with Gasteiger partial charge >= 0.3 is 11.9 Å². The highest BCUT2D eigenvalue weighted by atomic mass is 16.5. The Labute approximate surface area is 182 Å². The van der Waals surface area contributed by atoms with Gasteiger partial charge in [-0.25, -0.2) is 9.59 Å². The second-order valence-electron chi connectivity index (χ2n) is 7.49. The summed E-state index contributed by atoms with van der Waals surface area (Å²) in [5.74, 6) is 0.176. The average Bonchev–Trinajstić information content (AvgIpc) is 2.79. The van der Waals surface area contributed by atoms with Crippen LogP contribution in [0, 0.1) is 5.92 Å². The number of carbonyl (C=O) groups is 2. The van der Waals surface area contributed by atoms with Crippen molar-refractivity contribution in [3.8, 4) is 11.5 Å². The number of para-hydroxylation sites is 1. The molecule has 0 atom stereocenters. The van der Waals surface area contributed by atoms with Crippen LogP contribution in [0.25, 0.3) is 0 Å². The summed E-state index contributed by atoms with van der Waals surface area (Å²) in [7, 11) is 0. The minimum absolute atomic E-state index is 0.164. The molecule has 0 aliphatic heterocycles. The van der Waals surface area contributed by atoms with Gasteiger partial charge in [0.15, 0.2) is 0 Å². The molecule has 5 nitrogen and oxygen atoms in total. The second kappa shape index (κ2) is 11.0. The van der Waals surface area contributed by atoms with Crippen molar-refractivity contribution < 1.29 is 23.8 Å². The summed E-state index contributed by atoms with van der Waals surface area (Å²) < 4.78 is 16.5. The van der Waals surface area contributed by atoms with E-state index in [0.717, 1.165) is 5.56 Å². The Kier molecular flexibility index (Phi) is 7.82. The zero-order chi connectivity index (χ0) is 22.1. The van der Waals surface area contributed by atoms with Crippen molar-refractivity contribution in [1.29, 1.82) is 0 Å². The van der Waals surface area contributed by atoms with Crippen LogP contribution in [0.15, 0.2) is 78.9 Å². The summed E-state index contributed by atoms with van der Waals surface area (Å²) >= 11 is 0. The second-order valence-corrected chi connectivity index (χ2v) is 7.49. The Bertz CT molecular complexity index is 994. The zero-order valence-electron chi connectivity index (χ0n) is 17.7. The van der Waals surface area contributed by atoms with Crippen LogP contribution in [0.4, 0.5) is 0 Å². The summed E-state index contributed by atoms with van der Waals surface area (Å²) in [6, 6.07) is 23.0. The molecule has 3 aromatic rings. The van der Waals surface area contributed by atoms with Gasteiger partial charge < -0.3 is 14.2 Å². The van der Waals surface area contributed by atoms with Crippen molar-refractivity contribution in [3.05, 3.63) is 95.6 Å². The van der Waals surface area contributed by atoms with Gasteiger partial charge in [0.25, 0.3) is 0 Å². The third-order valence-electron chi connectivity index (χ3n) is 4.45. The van der Waals surface area contributed by atoms with E-state index in [-0.39, 0.29) is 17.9 Å². The Morgan fingerprint density at radius 1 is 0.806 bits per heavy atom. The largest absolute Gasteiger partial charge is 0.493 e. The smallest absolute Gasteiger partial charge is 0.343 e.